The lowest BCUT2D eigenvalue weighted by atomic mass is 9.98. The normalized spacial score (nSPS) is 12.0. The molecule has 0 amide bonds. The second kappa shape index (κ2) is 6.41. The van der Waals surface area contributed by atoms with Gasteiger partial charge in [0.05, 0.1) is 17.1 Å². The number of aromatic amines is 1. The molecule has 3 aromatic rings. The maximum absolute atomic E-state index is 13.6. The summed E-state index contributed by atoms with van der Waals surface area (Å²) in [4.78, 5) is 19.6. The van der Waals surface area contributed by atoms with Gasteiger partial charge < -0.3 is 4.98 Å². The Morgan fingerprint density at radius 3 is 2.70 bits per heavy atom. The Hall–Kier alpha value is -3.00. The van der Waals surface area contributed by atoms with Crippen LogP contribution in [0.25, 0.3) is 11.0 Å². The molecule has 1 N–H and O–H groups in total. The third kappa shape index (κ3) is 3.11. The third-order valence-electron chi connectivity index (χ3n) is 3.73. The van der Waals surface area contributed by atoms with E-state index in [-0.39, 0.29) is 24.4 Å². The first-order chi connectivity index (χ1) is 11.2. The summed E-state index contributed by atoms with van der Waals surface area (Å²) >= 11 is 0. The van der Waals surface area contributed by atoms with E-state index < -0.39 is 5.92 Å². The van der Waals surface area contributed by atoms with Crippen LogP contribution in [0.3, 0.4) is 0 Å². The first-order valence-electron chi connectivity index (χ1n) is 7.29. The van der Waals surface area contributed by atoms with Gasteiger partial charge in [0.15, 0.2) is 11.7 Å². The Morgan fingerprint density at radius 1 is 1.22 bits per heavy atom. The molecule has 114 valence electrons. The minimum atomic E-state index is -0.964. The van der Waals surface area contributed by atoms with Crippen molar-refractivity contribution >= 4 is 16.8 Å². The van der Waals surface area contributed by atoms with E-state index in [0.717, 1.165) is 5.52 Å². The Morgan fingerprint density at radius 2 is 1.96 bits per heavy atom. The first kappa shape index (κ1) is 14.9. The minimum Gasteiger partial charge on any atom is -0.340 e. The Bertz CT molecular complexity index is 861. The summed E-state index contributed by atoms with van der Waals surface area (Å²) in [6.45, 7) is 0. The molecule has 4 nitrogen and oxygen atoms in total. The lowest BCUT2D eigenvalue weighted by molar-refractivity contribution is -0.119. The molecule has 2 aromatic carbocycles. The fourth-order valence-electron chi connectivity index (χ4n) is 2.50. The molecular weight excluding hydrogens is 293 g/mol. The number of benzene rings is 2. The van der Waals surface area contributed by atoms with Crippen molar-refractivity contribution in [2.45, 2.75) is 18.8 Å². The van der Waals surface area contributed by atoms with Gasteiger partial charge in [-0.3, -0.25) is 4.79 Å². The van der Waals surface area contributed by atoms with Crippen molar-refractivity contribution in [3.63, 3.8) is 0 Å². The second-order valence-corrected chi connectivity index (χ2v) is 5.26. The number of carbonyl (C=O) groups is 1. The molecular formula is C18H14FN3O. The van der Waals surface area contributed by atoms with Crippen molar-refractivity contribution < 1.29 is 9.18 Å². The van der Waals surface area contributed by atoms with Gasteiger partial charge in [0.25, 0.3) is 0 Å². The molecule has 0 fully saturated rings. The molecule has 3 rings (SSSR count). The lowest BCUT2D eigenvalue weighted by Gasteiger charge is -2.06. The van der Waals surface area contributed by atoms with Crippen LogP contribution < -0.4 is 0 Å². The van der Waals surface area contributed by atoms with E-state index in [2.05, 4.69) is 9.97 Å². The number of hydrogen-bond donors (Lipinski definition) is 1. The predicted molar refractivity (Wildman–Crippen MR) is 84.2 cm³/mol. The molecule has 1 atom stereocenters. The summed E-state index contributed by atoms with van der Waals surface area (Å²) in [6, 6.07) is 15.7. The number of para-hydroxylation sites is 2. The number of nitrogens with one attached hydrogen (secondary N) is 1. The molecule has 23 heavy (non-hydrogen) atoms. The average molecular weight is 307 g/mol. The van der Waals surface area contributed by atoms with E-state index in [9.17, 15) is 14.4 Å². The summed E-state index contributed by atoms with van der Waals surface area (Å²) in [7, 11) is 0. The van der Waals surface area contributed by atoms with E-state index >= 15 is 0 Å². The molecule has 1 aromatic heterocycles. The van der Waals surface area contributed by atoms with Crippen LogP contribution in [-0.4, -0.2) is 15.8 Å². The van der Waals surface area contributed by atoms with Gasteiger partial charge in [-0.2, -0.15) is 5.26 Å². The van der Waals surface area contributed by atoms with Crippen LogP contribution in [0.2, 0.25) is 0 Å². The highest BCUT2D eigenvalue weighted by molar-refractivity contribution is 5.88. The number of aromatic nitrogens is 2. The molecule has 0 saturated heterocycles. The van der Waals surface area contributed by atoms with E-state index in [0.29, 0.717) is 16.9 Å². The van der Waals surface area contributed by atoms with Gasteiger partial charge >= 0.3 is 0 Å². The monoisotopic (exact) mass is 307 g/mol. The van der Waals surface area contributed by atoms with Crippen LogP contribution in [0.4, 0.5) is 4.39 Å². The van der Waals surface area contributed by atoms with Gasteiger partial charge in [0.2, 0.25) is 0 Å². The van der Waals surface area contributed by atoms with E-state index in [1.165, 1.54) is 6.07 Å². The van der Waals surface area contributed by atoms with Gasteiger partial charge in [0, 0.05) is 6.42 Å². The molecule has 0 aliphatic carbocycles. The maximum atomic E-state index is 13.6. The van der Waals surface area contributed by atoms with Crippen LogP contribution in [0.15, 0.2) is 48.5 Å². The number of aryl methyl sites for hydroxylation is 1. The summed E-state index contributed by atoms with van der Waals surface area (Å²) in [5.74, 6) is -1.23. The fraction of sp³-hybridized carbons (Fsp3) is 0.167. The van der Waals surface area contributed by atoms with Crippen molar-refractivity contribution in [1.82, 2.24) is 9.97 Å². The Balaban J connectivity index is 1.76. The van der Waals surface area contributed by atoms with Gasteiger partial charge in [-0.15, -0.1) is 0 Å². The fourth-order valence-corrected chi connectivity index (χ4v) is 2.50. The van der Waals surface area contributed by atoms with Crippen molar-refractivity contribution in [3.05, 3.63) is 65.7 Å². The molecule has 1 heterocycles. The quantitative estimate of drug-likeness (QED) is 0.784. The molecule has 1 unspecified atom stereocenters. The molecule has 0 aliphatic heterocycles. The van der Waals surface area contributed by atoms with Gasteiger partial charge in [-0.1, -0.05) is 30.3 Å². The number of nitriles is 1. The first-order valence-corrected chi connectivity index (χ1v) is 7.29. The number of ketones is 1. The number of nitrogens with zero attached hydrogens (tertiary/aromatic N) is 2. The highest BCUT2D eigenvalue weighted by atomic mass is 19.1. The van der Waals surface area contributed by atoms with Crippen molar-refractivity contribution in [1.29, 1.82) is 5.26 Å². The number of fused-ring (bicyclic) bond motifs is 1. The van der Waals surface area contributed by atoms with Crippen LogP contribution >= 0.6 is 0 Å². The smallest absolute Gasteiger partial charge is 0.162 e. The number of rotatable bonds is 5. The van der Waals surface area contributed by atoms with Crippen LogP contribution in [0, 0.1) is 17.1 Å². The van der Waals surface area contributed by atoms with Gasteiger partial charge in [-0.05, 0) is 30.2 Å². The lowest BCUT2D eigenvalue weighted by Crippen LogP contribution is -2.13. The SMILES string of the molecule is N#CC(C(=O)CCc1ccccc1F)c1nc2ccccc2[nH]1. The zero-order valence-corrected chi connectivity index (χ0v) is 12.3. The summed E-state index contributed by atoms with van der Waals surface area (Å²) in [5.41, 5.74) is 1.97. The van der Waals surface area contributed by atoms with Crippen molar-refractivity contribution in [3.8, 4) is 6.07 Å². The Labute approximate surface area is 132 Å². The highest BCUT2D eigenvalue weighted by Crippen LogP contribution is 2.20. The van der Waals surface area contributed by atoms with Gasteiger partial charge in [-0.25, -0.2) is 9.37 Å². The number of halogens is 1. The molecule has 0 bridgehead atoms. The molecule has 0 spiro atoms. The zero-order chi connectivity index (χ0) is 16.2. The average Bonchev–Trinajstić information content (AvgIpc) is 2.98. The van der Waals surface area contributed by atoms with Gasteiger partial charge in [0.1, 0.15) is 11.6 Å². The van der Waals surface area contributed by atoms with Crippen LogP contribution in [-0.2, 0) is 11.2 Å². The maximum Gasteiger partial charge on any atom is 0.162 e. The number of hydrogen-bond acceptors (Lipinski definition) is 3. The Kier molecular flexibility index (Phi) is 4.15. The number of carbonyl (C=O) groups excluding carboxylic acids is 1. The molecule has 5 heteroatoms. The topological polar surface area (TPSA) is 69.5 Å². The summed E-state index contributed by atoms with van der Waals surface area (Å²) in [6.07, 6.45) is 0.361. The van der Waals surface area contributed by atoms with E-state index in [1.54, 1.807) is 18.2 Å². The van der Waals surface area contributed by atoms with E-state index in [4.69, 9.17) is 0 Å². The number of H-pyrrole nitrogens is 1. The van der Waals surface area contributed by atoms with E-state index in [1.807, 2.05) is 30.3 Å². The highest BCUT2D eigenvalue weighted by Gasteiger charge is 2.23. The second-order valence-electron chi connectivity index (χ2n) is 5.26. The third-order valence-corrected chi connectivity index (χ3v) is 3.73. The summed E-state index contributed by atoms with van der Waals surface area (Å²) < 4.78 is 13.6. The molecule has 0 radical (unpaired) electrons. The summed E-state index contributed by atoms with van der Waals surface area (Å²) in [5, 5.41) is 9.32. The van der Waals surface area contributed by atoms with Crippen LogP contribution in [0.1, 0.15) is 23.7 Å². The minimum absolute atomic E-state index is 0.0935. The van der Waals surface area contributed by atoms with Crippen molar-refractivity contribution in [2.75, 3.05) is 0 Å². The van der Waals surface area contributed by atoms with Crippen LogP contribution in [0.5, 0.6) is 0 Å². The number of imidazole rings is 1. The standard InChI is InChI=1S/C18H14FN3O/c19-14-6-2-1-5-12(14)9-10-17(23)13(11-20)18-21-15-7-3-4-8-16(15)22-18/h1-8,13H,9-10H2,(H,21,22). The molecule has 0 saturated carbocycles. The zero-order valence-electron chi connectivity index (χ0n) is 12.3. The largest absolute Gasteiger partial charge is 0.340 e. The van der Waals surface area contributed by atoms with Crippen molar-refractivity contribution in [2.24, 2.45) is 0 Å². The number of Topliss-reactive ketones (excluding diaryl/α,β-unsaturated/α-hetero) is 1. The molecule has 0 aliphatic rings. The predicted octanol–water partition coefficient (Wildman–Crippen LogP) is 3.51.